The monoisotopic (exact) mass is 429 g/mol. The molecule has 0 bridgehead atoms. The third-order valence-corrected chi connectivity index (χ3v) is 6.50. The summed E-state index contributed by atoms with van der Waals surface area (Å²) in [5.74, 6) is -0.623. The van der Waals surface area contributed by atoms with E-state index in [1.54, 1.807) is 0 Å². The van der Waals surface area contributed by atoms with Crippen LogP contribution >= 0.6 is 0 Å². The molecule has 3 aromatic carbocycles. The van der Waals surface area contributed by atoms with Crippen molar-refractivity contribution in [1.82, 2.24) is 4.90 Å². The summed E-state index contributed by atoms with van der Waals surface area (Å²) >= 11 is 0. The lowest BCUT2D eigenvalue weighted by Gasteiger charge is -2.42. The Morgan fingerprint density at radius 1 is 0.781 bits per heavy atom. The number of benzene rings is 3. The maximum Gasteiger partial charge on any atom is 0.317 e. The number of rotatable bonds is 7. The zero-order valence-corrected chi connectivity index (χ0v) is 19.1. The van der Waals surface area contributed by atoms with Crippen molar-refractivity contribution in [2.45, 2.75) is 12.0 Å². The Labute approximate surface area is 191 Å². The summed E-state index contributed by atoms with van der Waals surface area (Å²) in [7, 11) is 4.55. The minimum Gasteiger partial charge on any atom is -0.463 e. The van der Waals surface area contributed by atoms with Crippen LogP contribution in [0.3, 0.4) is 0 Å². The van der Waals surface area contributed by atoms with E-state index in [1.165, 1.54) is 5.56 Å². The van der Waals surface area contributed by atoms with Crippen molar-refractivity contribution in [1.29, 1.82) is 0 Å². The highest BCUT2D eigenvalue weighted by molar-refractivity contribution is 5.82. The topological polar surface area (TPSA) is 29.5 Å². The zero-order valence-electron chi connectivity index (χ0n) is 19.1. The lowest BCUT2D eigenvalue weighted by Crippen LogP contribution is -2.55. The number of likely N-dealkylation sites (N-methyl/N-ethyl adjacent to an activating group) is 1. The van der Waals surface area contributed by atoms with Crippen LogP contribution in [-0.4, -0.2) is 62.2 Å². The molecule has 0 spiro atoms. The maximum absolute atomic E-state index is 13.4. The van der Waals surface area contributed by atoms with Crippen molar-refractivity contribution in [3.63, 3.8) is 0 Å². The average Bonchev–Trinajstić information content (AvgIpc) is 2.82. The van der Waals surface area contributed by atoms with Crippen molar-refractivity contribution >= 4 is 5.97 Å². The van der Waals surface area contributed by atoms with Gasteiger partial charge in [-0.1, -0.05) is 91.0 Å². The Kier molecular flexibility index (Phi) is 7.03. The molecule has 0 amide bonds. The van der Waals surface area contributed by atoms with Gasteiger partial charge in [0.05, 0.1) is 33.2 Å². The lowest BCUT2D eigenvalue weighted by molar-refractivity contribution is -0.894. The van der Waals surface area contributed by atoms with Gasteiger partial charge in [0.2, 0.25) is 0 Å². The van der Waals surface area contributed by atoms with E-state index in [0.717, 1.165) is 41.8 Å². The lowest BCUT2D eigenvalue weighted by atomic mass is 9.91. The number of quaternary nitrogens is 1. The molecular formula is C28H33N2O2+. The van der Waals surface area contributed by atoms with Crippen LogP contribution in [0.15, 0.2) is 91.0 Å². The predicted molar refractivity (Wildman–Crippen MR) is 128 cm³/mol. The Bertz CT molecular complexity index is 940. The van der Waals surface area contributed by atoms with Gasteiger partial charge in [0.25, 0.3) is 0 Å². The van der Waals surface area contributed by atoms with E-state index in [9.17, 15) is 4.79 Å². The van der Waals surface area contributed by atoms with Gasteiger partial charge in [0.15, 0.2) is 0 Å². The molecule has 1 atom stereocenters. The summed E-state index contributed by atoms with van der Waals surface area (Å²) in [5, 5.41) is 0. The normalized spacial score (nSPS) is 17.1. The van der Waals surface area contributed by atoms with Crippen molar-refractivity contribution in [3.05, 3.63) is 108 Å². The van der Waals surface area contributed by atoms with Gasteiger partial charge in [0.1, 0.15) is 12.5 Å². The predicted octanol–water partition coefficient (Wildman–Crippen LogP) is 4.50. The fourth-order valence-electron chi connectivity index (χ4n) is 4.42. The van der Waals surface area contributed by atoms with Crippen LogP contribution in [-0.2, 0) is 9.53 Å². The first-order valence-electron chi connectivity index (χ1n) is 11.4. The molecule has 0 aliphatic carbocycles. The Hall–Kier alpha value is -2.95. The molecule has 0 aromatic heterocycles. The van der Waals surface area contributed by atoms with E-state index in [0.29, 0.717) is 6.61 Å². The second-order valence-corrected chi connectivity index (χ2v) is 9.23. The van der Waals surface area contributed by atoms with Gasteiger partial charge in [-0.3, -0.25) is 9.69 Å². The third-order valence-electron chi connectivity index (χ3n) is 6.50. The van der Waals surface area contributed by atoms with Crippen molar-refractivity contribution in [3.8, 4) is 0 Å². The number of hydrogen-bond donors (Lipinski definition) is 0. The molecule has 1 unspecified atom stereocenters. The third kappa shape index (κ3) is 5.45. The van der Waals surface area contributed by atoms with E-state index in [-0.39, 0.29) is 12.0 Å². The molecule has 32 heavy (non-hydrogen) atoms. The standard InChI is InChI=1S/C28H33N2O2/c1-30(2)20-18-29(19-21-30)26(23-12-6-3-7-13-23)22-32-28(31)27(24-14-8-4-9-15-24)25-16-10-5-11-17-25/h3-17,26-27H,18-22H2,1-2H3/q+1. The first kappa shape index (κ1) is 22.3. The number of nitrogens with zero attached hydrogens (tertiary/aromatic N) is 2. The van der Waals surface area contributed by atoms with Crippen LogP contribution in [0.4, 0.5) is 0 Å². The second kappa shape index (κ2) is 10.1. The van der Waals surface area contributed by atoms with E-state index < -0.39 is 5.92 Å². The quantitative estimate of drug-likeness (QED) is 0.409. The summed E-state index contributed by atoms with van der Waals surface area (Å²) in [6.07, 6.45) is 0. The number of esters is 1. The van der Waals surface area contributed by atoms with Gasteiger partial charge in [-0.05, 0) is 16.7 Å². The molecular weight excluding hydrogens is 396 g/mol. The highest BCUT2D eigenvalue weighted by atomic mass is 16.5. The first-order chi connectivity index (χ1) is 15.5. The fraction of sp³-hybridized carbons (Fsp3) is 0.321. The van der Waals surface area contributed by atoms with Crippen LogP contribution in [0.5, 0.6) is 0 Å². The molecule has 166 valence electrons. The molecule has 4 nitrogen and oxygen atoms in total. The van der Waals surface area contributed by atoms with Gasteiger partial charge in [-0.15, -0.1) is 0 Å². The van der Waals surface area contributed by atoms with Crippen molar-refractivity contribution < 1.29 is 14.0 Å². The van der Waals surface area contributed by atoms with Crippen molar-refractivity contribution in [2.24, 2.45) is 0 Å². The van der Waals surface area contributed by atoms with Crippen LogP contribution in [0.2, 0.25) is 0 Å². The SMILES string of the molecule is C[N+]1(C)CCN(C(COC(=O)C(c2ccccc2)c2ccccc2)c2ccccc2)CC1. The van der Waals surface area contributed by atoms with E-state index in [4.69, 9.17) is 4.74 Å². The van der Waals surface area contributed by atoms with Gasteiger partial charge in [-0.25, -0.2) is 0 Å². The van der Waals surface area contributed by atoms with Crippen LogP contribution in [0.25, 0.3) is 0 Å². The number of ether oxygens (including phenoxy) is 1. The van der Waals surface area contributed by atoms with Gasteiger partial charge >= 0.3 is 5.97 Å². The number of hydrogen-bond acceptors (Lipinski definition) is 3. The molecule has 1 aliphatic heterocycles. The highest BCUT2D eigenvalue weighted by Crippen LogP contribution is 2.28. The molecule has 4 rings (SSSR count). The Morgan fingerprint density at radius 2 is 1.22 bits per heavy atom. The molecule has 0 radical (unpaired) electrons. The maximum atomic E-state index is 13.4. The van der Waals surface area contributed by atoms with E-state index in [2.05, 4.69) is 43.3 Å². The molecule has 1 fully saturated rings. The molecule has 1 heterocycles. The molecule has 1 aliphatic rings. The summed E-state index contributed by atoms with van der Waals surface area (Å²) in [6.45, 7) is 4.52. The molecule has 0 saturated carbocycles. The second-order valence-electron chi connectivity index (χ2n) is 9.23. The van der Waals surface area contributed by atoms with E-state index in [1.807, 2.05) is 66.7 Å². The van der Waals surface area contributed by atoms with Crippen LogP contribution in [0.1, 0.15) is 28.7 Å². The van der Waals surface area contributed by atoms with Gasteiger partial charge in [0, 0.05) is 13.1 Å². The average molecular weight is 430 g/mol. The summed E-state index contributed by atoms with van der Waals surface area (Å²) < 4.78 is 7.08. The molecule has 0 N–H and O–H groups in total. The molecule has 3 aromatic rings. The summed E-state index contributed by atoms with van der Waals surface area (Å²) in [6, 6.07) is 30.3. The smallest absolute Gasteiger partial charge is 0.317 e. The number of carbonyl (C=O) groups excluding carboxylic acids is 1. The highest BCUT2D eigenvalue weighted by Gasteiger charge is 2.32. The number of piperazine rings is 1. The summed E-state index contributed by atoms with van der Waals surface area (Å²) in [5.41, 5.74) is 3.11. The van der Waals surface area contributed by atoms with Crippen LogP contribution in [0, 0.1) is 0 Å². The Morgan fingerprint density at radius 3 is 1.69 bits per heavy atom. The zero-order chi connectivity index (χ0) is 22.4. The molecule has 4 heteroatoms. The van der Waals surface area contributed by atoms with Gasteiger partial charge in [-0.2, -0.15) is 0 Å². The van der Waals surface area contributed by atoms with E-state index >= 15 is 0 Å². The fourth-order valence-corrected chi connectivity index (χ4v) is 4.42. The van der Waals surface area contributed by atoms with Crippen LogP contribution < -0.4 is 0 Å². The van der Waals surface area contributed by atoms with Crippen molar-refractivity contribution in [2.75, 3.05) is 46.9 Å². The minimum atomic E-state index is -0.425. The largest absolute Gasteiger partial charge is 0.463 e. The minimum absolute atomic E-state index is 0.0626. The Balaban J connectivity index is 1.54. The number of carbonyl (C=O) groups is 1. The molecule has 1 saturated heterocycles. The summed E-state index contributed by atoms with van der Waals surface area (Å²) in [4.78, 5) is 15.9. The van der Waals surface area contributed by atoms with Gasteiger partial charge < -0.3 is 9.22 Å². The first-order valence-corrected chi connectivity index (χ1v) is 11.4.